The van der Waals surface area contributed by atoms with E-state index in [0.717, 1.165) is 12.8 Å². The summed E-state index contributed by atoms with van der Waals surface area (Å²) in [5, 5.41) is 17.6. The van der Waals surface area contributed by atoms with E-state index in [1.807, 2.05) is 0 Å². The number of ketones is 1. The van der Waals surface area contributed by atoms with E-state index >= 15 is 0 Å². The highest BCUT2D eigenvalue weighted by Crippen LogP contribution is 2.50. The molecule has 1 saturated carbocycles. The van der Waals surface area contributed by atoms with E-state index in [4.69, 9.17) is 10.2 Å². The fourth-order valence-corrected chi connectivity index (χ4v) is 1.37. The van der Waals surface area contributed by atoms with Crippen molar-refractivity contribution in [1.29, 1.82) is 0 Å². The van der Waals surface area contributed by atoms with Crippen LogP contribution in [0, 0.1) is 5.41 Å². The minimum absolute atomic E-state index is 0.144. The molecule has 1 fully saturated rings. The summed E-state index contributed by atoms with van der Waals surface area (Å²) in [4.78, 5) is 11.0. The lowest BCUT2D eigenvalue weighted by molar-refractivity contribution is -0.123. The fraction of sp³-hybridized carbons (Fsp3) is 0.875. The van der Waals surface area contributed by atoms with Crippen LogP contribution in [0.5, 0.6) is 0 Å². The summed E-state index contributed by atoms with van der Waals surface area (Å²) in [6.07, 6.45) is 1.46. The van der Waals surface area contributed by atoms with E-state index in [9.17, 15) is 4.79 Å². The van der Waals surface area contributed by atoms with Crippen LogP contribution in [0.25, 0.3) is 0 Å². The van der Waals surface area contributed by atoms with Gasteiger partial charge in [0.15, 0.2) is 0 Å². The molecule has 0 saturated heterocycles. The molecule has 2 N–H and O–H groups in total. The van der Waals surface area contributed by atoms with Gasteiger partial charge >= 0.3 is 0 Å². The second kappa shape index (κ2) is 2.91. The van der Waals surface area contributed by atoms with Crippen LogP contribution < -0.4 is 0 Å². The molecule has 1 atom stereocenters. The zero-order valence-electron chi connectivity index (χ0n) is 6.71. The normalized spacial score (nSPS) is 22.8. The molecule has 3 heteroatoms. The first-order valence-corrected chi connectivity index (χ1v) is 3.91. The Hall–Kier alpha value is -0.410. The van der Waals surface area contributed by atoms with E-state index in [1.165, 1.54) is 0 Å². The molecule has 0 spiro atoms. The Morgan fingerprint density at radius 2 is 2.18 bits per heavy atom. The zero-order valence-corrected chi connectivity index (χ0v) is 6.71. The second-order valence-electron chi connectivity index (χ2n) is 3.38. The highest BCUT2D eigenvalue weighted by atomic mass is 16.3. The third kappa shape index (κ3) is 1.79. The average Bonchev–Trinajstić information content (AvgIpc) is 2.69. The second-order valence-corrected chi connectivity index (χ2v) is 3.38. The highest BCUT2D eigenvalue weighted by Gasteiger charge is 2.47. The van der Waals surface area contributed by atoms with E-state index in [-0.39, 0.29) is 17.8 Å². The number of carbonyl (C=O) groups excluding carboxylic acids is 1. The highest BCUT2D eigenvalue weighted by molar-refractivity contribution is 5.84. The Labute approximate surface area is 66.0 Å². The molecule has 3 nitrogen and oxygen atoms in total. The van der Waals surface area contributed by atoms with Gasteiger partial charge in [-0.1, -0.05) is 0 Å². The minimum atomic E-state index is -0.721. The summed E-state index contributed by atoms with van der Waals surface area (Å²) in [5.74, 6) is 0.144. The summed E-state index contributed by atoms with van der Waals surface area (Å²) < 4.78 is 0. The fourth-order valence-electron chi connectivity index (χ4n) is 1.37. The standard InChI is InChI=1S/C8H14O3/c1-6(10)8(2-3-8)4-7(11)5-9/h7,9,11H,2-5H2,1H3. The van der Waals surface area contributed by atoms with Gasteiger partial charge in [-0.15, -0.1) is 0 Å². The largest absolute Gasteiger partial charge is 0.394 e. The summed E-state index contributed by atoms with van der Waals surface area (Å²) in [6, 6.07) is 0. The monoisotopic (exact) mass is 158 g/mol. The van der Waals surface area contributed by atoms with Crippen molar-refractivity contribution in [2.24, 2.45) is 5.41 Å². The van der Waals surface area contributed by atoms with Crippen molar-refractivity contribution >= 4 is 5.78 Å². The maximum Gasteiger partial charge on any atom is 0.136 e. The van der Waals surface area contributed by atoms with E-state index in [2.05, 4.69) is 0 Å². The lowest BCUT2D eigenvalue weighted by Gasteiger charge is -2.14. The zero-order chi connectivity index (χ0) is 8.48. The lowest BCUT2D eigenvalue weighted by atomic mass is 9.95. The van der Waals surface area contributed by atoms with Crippen molar-refractivity contribution in [2.75, 3.05) is 6.61 Å². The molecule has 0 aromatic rings. The van der Waals surface area contributed by atoms with E-state index in [0.29, 0.717) is 6.42 Å². The Morgan fingerprint density at radius 1 is 1.64 bits per heavy atom. The molecule has 0 amide bonds. The molecular formula is C8H14O3. The van der Waals surface area contributed by atoms with Crippen molar-refractivity contribution in [3.05, 3.63) is 0 Å². The maximum atomic E-state index is 11.0. The van der Waals surface area contributed by atoms with E-state index in [1.54, 1.807) is 6.92 Å². The molecule has 64 valence electrons. The topological polar surface area (TPSA) is 57.5 Å². The van der Waals surface area contributed by atoms with Gasteiger partial charge in [0.05, 0.1) is 12.7 Å². The quantitative estimate of drug-likeness (QED) is 0.610. The molecule has 0 heterocycles. The Bertz CT molecular complexity index is 161. The number of hydrogen-bond donors (Lipinski definition) is 2. The summed E-state index contributed by atoms with van der Waals surface area (Å²) in [5.41, 5.74) is -0.276. The van der Waals surface area contributed by atoms with Crippen LogP contribution in [0.15, 0.2) is 0 Å². The third-order valence-corrected chi connectivity index (χ3v) is 2.44. The van der Waals surface area contributed by atoms with Crippen molar-refractivity contribution < 1.29 is 15.0 Å². The first kappa shape index (κ1) is 8.68. The number of hydrogen-bond acceptors (Lipinski definition) is 3. The maximum absolute atomic E-state index is 11.0. The first-order valence-electron chi connectivity index (χ1n) is 3.91. The predicted molar refractivity (Wildman–Crippen MR) is 40.1 cm³/mol. The molecule has 0 aliphatic heterocycles. The van der Waals surface area contributed by atoms with Gasteiger partial charge in [0, 0.05) is 5.41 Å². The van der Waals surface area contributed by atoms with Gasteiger partial charge in [0.2, 0.25) is 0 Å². The van der Waals surface area contributed by atoms with Crippen LogP contribution in [0.2, 0.25) is 0 Å². The van der Waals surface area contributed by atoms with E-state index < -0.39 is 6.10 Å². The smallest absolute Gasteiger partial charge is 0.136 e. The lowest BCUT2D eigenvalue weighted by Crippen LogP contribution is -2.22. The molecule has 0 radical (unpaired) electrons. The van der Waals surface area contributed by atoms with Gasteiger partial charge < -0.3 is 10.2 Å². The van der Waals surface area contributed by atoms with Gasteiger partial charge in [-0.2, -0.15) is 0 Å². The van der Waals surface area contributed by atoms with Crippen LogP contribution in [0.4, 0.5) is 0 Å². The van der Waals surface area contributed by atoms with Crippen LogP contribution >= 0.6 is 0 Å². The number of aliphatic hydroxyl groups is 2. The molecule has 1 unspecified atom stereocenters. The molecule has 0 aromatic carbocycles. The summed E-state index contributed by atoms with van der Waals surface area (Å²) in [6.45, 7) is 1.31. The van der Waals surface area contributed by atoms with Gasteiger partial charge in [-0.05, 0) is 26.2 Å². The summed E-state index contributed by atoms with van der Waals surface area (Å²) in [7, 11) is 0. The van der Waals surface area contributed by atoms with Gasteiger partial charge in [-0.25, -0.2) is 0 Å². The van der Waals surface area contributed by atoms with Crippen LogP contribution in [-0.2, 0) is 4.79 Å². The molecular weight excluding hydrogens is 144 g/mol. The average molecular weight is 158 g/mol. The van der Waals surface area contributed by atoms with Gasteiger partial charge in [0.1, 0.15) is 5.78 Å². The molecule has 0 bridgehead atoms. The van der Waals surface area contributed by atoms with Crippen LogP contribution in [0.1, 0.15) is 26.2 Å². The van der Waals surface area contributed by atoms with Gasteiger partial charge in [-0.3, -0.25) is 4.79 Å². The first-order chi connectivity index (χ1) is 5.10. The predicted octanol–water partition coefficient (Wildman–Crippen LogP) is 0.0989. The summed E-state index contributed by atoms with van der Waals surface area (Å²) >= 11 is 0. The van der Waals surface area contributed by atoms with Crippen molar-refractivity contribution in [1.82, 2.24) is 0 Å². The van der Waals surface area contributed by atoms with Crippen molar-refractivity contribution in [3.63, 3.8) is 0 Å². The van der Waals surface area contributed by atoms with Gasteiger partial charge in [0.25, 0.3) is 0 Å². The Kier molecular flexibility index (Phi) is 2.30. The number of Topliss-reactive ketones (excluding diaryl/α,β-unsaturated/α-hetero) is 1. The van der Waals surface area contributed by atoms with Crippen LogP contribution in [-0.4, -0.2) is 28.7 Å². The van der Waals surface area contributed by atoms with Crippen molar-refractivity contribution in [2.45, 2.75) is 32.3 Å². The van der Waals surface area contributed by atoms with Crippen molar-refractivity contribution in [3.8, 4) is 0 Å². The Morgan fingerprint density at radius 3 is 2.45 bits per heavy atom. The minimum Gasteiger partial charge on any atom is -0.394 e. The SMILES string of the molecule is CC(=O)C1(CC(O)CO)CC1. The van der Waals surface area contributed by atoms with Crippen LogP contribution in [0.3, 0.4) is 0 Å². The number of carbonyl (C=O) groups is 1. The molecule has 11 heavy (non-hydrogen) atoms. The number of rotatable bonds is 4. The molecule has 1 rings (SSSR count). The Balaban J connectivity index is 2.41. The third-order valence-electron chi connectivity index (χ3n) is 2.44. The molecule has 1 aliphatic rings. The molecule has 1 aliphatic carbocycles. The number of aliphatic hydroxyl groups excluding tert-OH is 2. The molecule has 0 aromatic heterocycles.